The van der Waals surface area contributed by atoms with E-state index in [1.54, 1.807) is 0 Å². The molecule has 0 aromatic rings. The van der Waals surface area contributed by atoms with Crippen molar-refractivity contribution in [3.8, 4) is 0 Å². The predicted molar refractivity (Wildman–Crippen MR) is 27.8 cm³/mol. The molecule has 0 aliphatic rings. The molecule has 2 nitrogen and oxygen atoms in total. The Balaban J connectivity index is 3.13. The molecule has 0 atom stereocenters. The van der Waals surface area contributed by atoms with Gasteiger partial charge in [0.1, 0.15) is 0 Å². The number of rotatable bonds is 1. The van der Waals surface area contributed by atoms with E-state index in [9.17, 15) is 4.79 Å². The fourth-order valence-electron chi connectivity index (χ4n) is 0.0700. The second-order valence-corrected chi connectivity index (χ2v) is 1.94. The zero-order chi connectivity index (χ0) is 5.86. The van der Waals surface area contributed by atoms with Crippen molar-refractivity contribution in [2.75, 3.05) is 0 Å². The first-order valence-corrected chi connectivity index (χ1v) is 2.52. The first-order valence-electron chi connectivity index (χ1n) is 1.27. The van der Waals surface area contributed by atoms with Crippen LogP contribution in [0, 0.1) is 0 Å². The molecule has 0 radical (unpaired) electrons. The molecule has 0 saturated heterocycles. The minimum Gasteiger partial charge on any atom is -0.419 e. The van der Waals surface area contributed by atoms with Gasteiger partial charge in [0.2, 0.25) is 0 Å². The minimum absolute atomic E-state index is 1.00. The number of carbonyl (C=O) groups excluding carboxylic acids is 1. The summed E-state index contributed by atoms with van der Waals surface area (Å²) in [6, 6.07) is 0. The van der Waals surface area contributed by atoms with Gasteiger partial charge >= 0.3 is 5.43 Å². The summed E-state index contributed by atoms with van der Waals surface area (Å²) in [6.45, 7) is 0. The molecule has 42 valence electrons. The van der Waals surface area contributed by atoms with Crippen molar-refractivity contribution in [1.29, 1.82) is 0 Å². The zero-order valence-corrected chi connectivity index (χ0v) is 5.30. The van der Waals surface area contributed by atoms with Crippen LogP contribution in [0.5, 0.6) is 0 Å². The molecule has 0 heterocycles. The number of ether oxygens (including phenoxy) is 1. The van der Waals surface area contributed by atoms with Crippen LogP contribution in [0.15, 0.2) is 0 Å². The fourth-order valence-corrected chi connectivity index (χ4v) is 0.412. The molecule has 0 aliphatic heterocycles. The second-order valence-electron chi connectivity index (χ2n) is 0.616. The first kappa shape index (κ1) is 7.34. The van der Waals surface area contributed by atoms with Gasteiger partial charge in [0.05, 0.1) is 0 Å². The Morgan fingerprint density at radius 3 is 2.00 bits per heavy atom. The van der Waals surface area contributed by atoms with Crippen molar-refractivity contribution in [2.24, 2.45) is 0 Å². The van der Waals surface area contributed by atoms with E-state index in [0.29, 0.717) is 0 Å². The number of halogens is 3. The van der Waals surface area contributed by atoms with Crippen molar-refractivity contribution in [3.63, 3.8) is 0 Å². The van der Waals surface area contributed by atoms with Gasteiger partial charge in [-0.05, 0) is 0 Å². The van der Waals surface area contributed by atoms with Gasteiger partial charge in [-0.3, -0.25) is 0 Å². The molecule has 0 unspecified atom stereocenters. The summed E-state index contributed by atoms with van der Waals surface area (Å²) in [4.78, 5) is 9.63. The van der Waals surface area contributed by atoms with Gasteiger partial charge in [0.15, 0.2) is 0 Å². The average Bonchev–Trinajstić information content (AvgIpc) is 1.27. The van der Waals surface area contributed by atoms with E-state index in [0.717, 1.165) is 0 Å². The molecular formula is C2HCl3O2. The highest BCUT2D eigenvalue weighted by atomic mass is 35.5. The molecule has 0 aliphatic carbocycles. The SMILES string of the molecule is O=C(Cl)OC(Cl)Cl. The Labute approximate surface area is 55.3 Å². The molecule has 0 bridgehead atoms. The fraction of sp³-hybridized carbons (Fsp3) is 0.500. The Hall–Kier alpha value is 0.340. The van der Waals surface area contributed by atoms with Crippen molar-refractivity contribution in [2.45, 2.75) is 5.02 Å². The molecule has 7 heavy (non-hydrogen) atoms. The normalized spacial score (nSPS) is 9.14. The van der Waals surface area contributed by atoms with Crippen molar-refractivity contribution in [3.05, 3.63) is 0 Å². The second kappa shape index (κ2) is 3.36. The summed E-state index contributed by atoms with van der Waals surface area (Å²) < 4.78 is 3.91. The van der Waals surface area contributed by atoms with Crippen LogP contribution in [-0.4, -0.2) is 10.5 Å². The van der Waals surface area contributed by atoms with E-state index < -0.39 is 10.5 Å². The first-order chi connectivity index (χ1) is 3.13. The van der Waals surface area contributed by atoms with Gasteiger partial charge in [-0.2, -0.15) is 0 Å². The van der Waals surface area contributed by atoms with Crippen LogP contribution in [0.4, 0.5) is 4.79 Å². The van der Waals surface area contributed by atoms with Gasteiger partial charge in [0.25, 0.3) is 5.02 Å². The van der Waals surface area contributed by atoms with E-state index >= 15 is 0 Å². The van der Waals surface area contributed by atoms with Crippen LogP contribution < -0.4 is 0 Å². The maximum absolute atomic E-state index is 9.63. The zero-order valence-electron chi connectivity index (χ0n) is 3.03. The van der Waals surface area contributed by atoms with Crippen LogP contribution in [-0.2, 0) is 4.74 Å². The molecule has 0 N–H and O–H groups in total. The molecule has 0 rings (SSSR count). The highest BCUT2D eigenvalue weighted by Gasteiger charge is 2.01. The van der Waals surface area contributed by atoms with Gasteiger partial charge in [-0.25, -0.2) is 4.79 Å². The smallest absolute Gasteiger partial charge is 0.406 e. The quantitative estimate of drug-likeness (QED) is 0.437. The maximum Gasteiger partial charge on any atom is 0.406 e. The summed E-state index contributed by atoms with van der Waals surface area (Å²) in [6.07, 6.45) is 0. The Bertz CT molecular complexity index is 71.3. The summed E-state index contributed by atoms with van der Waals surface area (Å²) in [5, 5.41) is -1.16. The van der Waals surface area contributed by atoms with Crippen LogP contribution in [0.25, 0.3) is 0 Å². The number of alkyl halides is 2. The van der Waals surface area contributed by atoms with Gasteiger partial charge < -0.3 is 4.74 Å². The Kier molecular flexibility index (Phi) is 3.52. The molecule has 0 fully saturated rings. The minimum atomic E-state index is -1.16. The van der Waals surface area contributed by atoms with E-state index in [-0.39, 0.29) is 0 Å². The average molecular weight is 163 g/mol. The topological polar surface area (TPSA) is 26.3 Å². The highest BCUT2D eigenvalue weighted by molar-refractivity contribution is 6.62. The summed E-state index contributed by atoms with van der Waals surface area (Å²) >= 11 is 14.5. The van der Waals surface area contributed by atoms with Crippen molar-refractivity contribution >= 4 is 40.2 Å². The third-order valence-electron chi connectivity index (χ3n) is 0.182. The van der Waals surface area contributed by atoms with E-state index in [1.807, 2.05) is 0 Å². The van der Waals surface area contributed by atoms with Crippen molar-refractivity contribution < 1.29 is 9.53 Å². The lowest BCUT2D eigenvalue weighted by molar-refractivity contribution is 0.183. The van der Waals surface area contributed by atoms with Crippen LogP contribution in [0.3, 0.4) is 0 Å². The third kappa shape index (κ3) is 6.34. The number of hydrogen-bond donors (Lipinski definition) is 0. The summed E-state index contributed by atoms with van der Waals surface area (Å²) in [7, 11) is 0. The molecule has 0 saturated carbocycles. The molecule has 0 aromatic heterocycles. The molecule has 5 heteroatoms. The van der Waals surface area contributed by atoms with Gasteiger partial charge in [0, 0.05) is 11.6 Å². The summed E-state index contributed by atoms with van der Waals surface area (Å²) in [5.74, 6) is 0. The lowest BCUT2D eigenvalue weighted by atomic mass is 11.5. The predicted octanol–water partition coefficient (Wildman–Crippen LogP) is 2.12. The van der Waals surface area contributed by atoms with Gasteiger partial charge in [-0.1, -0.05) is 23.2 Å². The largest absolute Gasteiger partial charge is 0.419 e. The molecule has 0 aromatic carbocycles. The molecule has 0 spiro atoms. The monoisotopic (exact) mass is 162 g/mol. The number of hydrogen-bond acceptors (Lipinski definition) is 2. The number of carbonyl (C=O) groups is 1. The third-order valence-corrected chi connectivity index (χ3v) is 0.449. The van der Waals surface area contributed by atoms with Gasteiger partial charge in [-0.15, -0.1) is 0 Å². The standard InChI is InChI=1S/C2HCl3O2/c3-1(4)7-2(5)6/h1H. The Morgan fingerprint density at radius 1 is 1.57 bits per heavy atom. The van der Waals surface area contributed by atoms with Crippen LogP contribution >= 0.6 is 34.8 Å². The van der Waals surface area contributed by atoms with Crippen molar-refractivity contribution in [1.82, 2.24) is 0 Å². The Morgan fingerprint density at radius 2 is 2.00 bits per heavy atom. The lowest BCUT2D eigenvalue weighted by Gasteiger charge is -1.94. The van der Waals surface area contributed by atoms with Crippen LogP contribution in [0.1, 0.15) is 0 Å². The maximum atomic E-state index is 9.63. The van der Waals surface area contributed by atoms with Crippen LogP contribution in [0.2, 0.25) is 0 Å². The molecular weight excluding hydrogens is 162 g/mol. The van der Waals surface area contributed by atoms with E-state index in [2.05, 4.69) is 16.3 Å². The lowest BCUT2D eigenvalue weighted by Crippen LogP contribution is -1.96. The highest BCUT2D eigenvalue weighted by Crippen LogP contribution is 2.04. The van der Waals surface area contributed by atoms with E-state index in [1.165, 1.54) is 0 Å². The molecule has 0 amide bonds. The van der Waals surface area contributed by atoms with E-state index in [4.69, 9.17) is 23.2 Å². The summed E-state index contributed by atoms with van der Waals surface area (Å²) in [5.41, 5.74) is -1.00.